The van der Waals surface area contributed by atoms with E-state index in [1.807, 2.05) is 0 Å². The molecule has 3 atom stereocenters. The van der Waals surface area contributed by atoms with Crippen LogP contribution in [0.15, 0.2) is 0 Å². The molecular formula is C16H33N3. The zero-order valence-electron chi connectivity index (χ0n) is 13.4. The molecule has 0 saturated carbocycles. The third-order valence-corrected chi connectivity index (χ3v) is 5.05. The molecule has 1 N–H and O–H groups in total. The molecule has 2 bridgehead atoms. The van der Waals surface area contributed by atoms with Gasteiger partial charge < -0.3 is 10.2 Å². The maximum Gasteiger partial charge on any atom is 0.0194 e. The van der Waals surface area contributed by atoms with E-state index in [-0.39, 0.29) is 0 Å². The second kappa shape index (κ2) is 7.05. The fraction of sp³-hybridized carbons (Fsp3) is 1.00. The first-order chi connectivity index (χ1) is 9.08. The summed E-state index contributed by atoms with van der Waals surface area (Å²) in [5.74, 6) is 0.972. The van der Waals surface area contributed by atoms with Crippen LogP contribution in [-0.4, -0.2) is 61.7 Å². The van der Waals surface area contributed by atoms with Gasteiger partial charge in [-0.1, -0.05) is 6.92 Å². The van der Waals surface area contributed by atoms with E-state index in [9.17, 15) is 0 Å². The molecule has 2 saturated heterocycles. The van der Waals surface area contributed by atoms with Crippen LogP contribution < -0.4 is 5.32 Å². The molecule has 2 heterocycles. The van der Waals surface area contributed by atoms with Gasteiger partial charge in [-0.05, 0) is 72.1 Å². The number of nitrogens with zero attached hydrogens (tertiary/aromatic N) is 2. The van der Waals surface area contributed by atoms with Crippen molar-refractivity contribution in [2.45, 2.75) is 64.1 Å². The number of likely N-dealkylation sites (N-methyl/N-ethyl adjacent to an activating group) is 2. The summed E-state index contributed by atoms with van der Waals surface area (Å²) in [4.78, 5) is 4.96. The zero-order chi connectivity index (χ0) is 13.8. The Morgan fingerprint density at radius 1 is 1.16 bits per heavy atom. The van der Waals surface area contributed by atoms with E-state index in [1.54, 1.807) is 0 Å². The van der Waals surface area contributed by atoms with Gasteiger partial charge in [-0.3, -0.25) is 4.90 Å². The number of hydrogen-bond donors (Lipinski definition) is 1. The van der Waals surface area contributed by atoms with Crippen molar-refractivity contribution in [1.29, 1.82) is 0 Å². The SMILES string of the molecule is CCN(CCC1CC2CCC(C1)N2)C(C)CN(C)C. The highest BCUT2D eigenvalue weighted by Gasteiger charge is 2.33. The maximum atomic E-state index is 3.75. The minimum atomic E-state index is 0.679. The van der Waals surface area contributed by atoms with Gasteiger partial charge in [-0.25, -0.2) is 0 Å². The number of piperidine rings is 1. The van der Waals surface area contributed by atoms with Gasteiger partial charge in [-0.2, -0.15) is 0 Å². The Kier molecular flexibility index (Phi) is 5.67. The van der Waals surface area contributed by atoms with Crippen molar-refractivity contribution in [2.24, 2.45) is 5.92 Å². The van der Waals surface area contributed by atoms with Crippen LogP contribution in [0.3, 0.4) is 0 Å². The van der Waals surface area contributed by atoms with E-state index in [0.717, 1.165) is 18.0 Å². The number of rotatable bonds is 7. The summed E-state index contributed by atoms with van der Waals surface area (Å²) in [6.07, 6.45) is 7.11. The largest absolute Gasteiger partial charge is 0.311 e. The Balaban J connectivity index is 1.73. The van der Waals surface area contributed by atoms with Crippen LogP contribution >= 0.6 is 0 Å². The summed E-state index contributed by atoms with van der Waals surface area (Å²) in [6, 6.07) is 2.37. The predicted molar refractivity (Wildman–Crippen MR) is 82.5 cm³/mol. The van der Waals surface area contributed by atoms with Crippen molar-refractivity contribution < 1.29 is 0 Å². The standard InChI is InChI=1S/C16H33N3/c1-5-19(13(2)12-18(3)4)9-8-14-10-15-6-7-16(11-14)17-15/h13-17H,5-12H2,1-4H3. The van der Waals surface area contributed by atoms with Crippen molar-refractivity contribution >= 4 is 0 Å². The van der Waals surface area contributed by atoms with Gasteiger partial charge >= 0.3 is 0 Å². The van der Waals surface area contributed by atoms with E-state index < -0.39 is 0 Å². The molecule has 0 aliphatic carbocycles. The van der Waals surface area contributed by atoms with Gasteiger partial charge in [0.25, 0.3) is 0 Å². The molecule has 0 amide bonds. The smallest absolute Gasteiger partial charge is 0.0194 e. The highest BCUT2D eigenvalue weighted by molar-refractivity contribution is 4.92. The molecule has 0 aromatic rings. The average Bonchev–Trinajstić information content (AvgIpc) is 2.68. The second-order valence-electron chi connectivity index (χ2n) is 7.00. The van der Waals surface area contributed by atoms with Crippen LogP contribution in [0.25, 0.3) is 0 Å². The van der Waals surface area contributed by atoms with E-state index in [1.165, 1.54) is 51.7 Å². The van der Waals surface area contributed by atoms with Crippen molar-refractivity contribution in [3.63, 3.8) is 0 Å². The minimum Gasteiger partial charge on any atom is -0.311 e. The molecular weight excluding hydrogens is 234 g/mol. The van der Waals surface area contributed by atoms with Crippen LogP contribution in [0, 0.1) is 5.92 Å². The summed E-state index contributed by atoms with van der Waals surface area (Å²) in [5, 5.41) is 3.75. The molecule has 0 aromatic heterocycles. The lowest BCUT2D eigenvalue weighted by atomic mass is 9.89. The molecule has 3 unspecified atom stereocenters. The summed E-state index contributed by atoms with van der Waals surface area (Å²) in [6.45, 7) is 8.32. The first-order valence-electron chi connectivity index (χ1n) is 8.23. The molecule has 2 aliphatic rings. The summed E-state index contributed by atoms with van der Waals surface area (Å²) in [5.41, 5.74) is 0. The number of fused-ring (bicyclic) bond motifs is 2. The monoisotopic (exact) mass is 267 g/mol. The van der Waals surface area contributed by atoms with Gasteiger partial charge in [0.15, 0.2) is 0 Å². The molecule has 3 heteroatoms. The Labute approximate surface area is 119 Å². The van der Waals surface area contributed by atoms with Crippen LogP contribution in [-0.2, 0) is 0 Å². The minimum absolute atomic E-state index is 0.679. The van der Waals surface area contributed by atoms with Crippen molar-refractivity contribution in [1.82, 2.24) is 15.1 Å². The van der Waals surface area contributed by atoms with Crippen LogP contribution in [0.1, 0.15) is 46.0 Å². The van der Waals surface area contributed by atoms with Gasteiger partial charge in [-0.15, -0.1) is 0 Å². The van der Waals surface area contributed by atoms with Crippen molar-refractivity contribution in [3.05, 3.63) is 0 Å². The lowest BCUT2D eigenvalue weighted by Crippen LogP contribution is -2.42. The van der Waals surface area contributed by atoms with E-state index in [4.69, 9.17) is 0 Å². The topological polar surface area (TPSA) is 18.5 Å². The Bertz CT molecular complexity index is 255. The Morgan fingerprint density at radius 3 is 2.32 bits per heavy atom. The molecule has 2 fully saturated rings. The van der Waals surface area contributed by atoms with Crippen LogP contribution in [0.2, 0.25) is 0 Å². The molecule has 19 heavy (non-hydrogen) atoms. The fourth-order valence-corrected chi connectivity index (χ4v) is 4.09. The lowest BCUT2D eigenvalue weighted by molar-refractivity contribution is 0.160. The highest BCUT2D eigenvalue weighted by Crippen LogP contribution is 2.32. The summed E-state index contributed by atoms with van der Waals surface area (Å²) >= 11 is 0. The van der Waals surface area contributed by atoms with E-state index >= 15 is 0 Å². The molecule has 0 spiro atoms. The second-order valence-corrected chi connectivity index (χ2v) is 7.00. The van der Waals surface area contributed by atoms with E-state index in [0.29, 0.717) is 6.04 Å². The molecule has 2 rings (SSSR count). The molecule has 2 aliphatic heterocycles. The quantitative estimate of drug-likeness (QED) is 0.763. The molecule has 3 nitrogen and oxygen atoms in total. The van der Waals surface area contributed by atoms with Crippen LogP contribution in [0.5, 0.6) is 0 Å². The summed E-state index contributed by atoms with van der Waals surface area (Å²) < 4.78 is 0. The number of nitrogens with one attached hydrogen (secondary N) is 1. The molecule has 112 valence electrons. The normalized spacial score (nSPS) is 32.2. The average molecular weight is 267 g/mol. The van der Waals surface area contributed by atoms with Gasteiger partial charge in [0.2, 0.25) is 0 Å². The van der Waals surface area contributed by atoms with Crippen molar-refractivity contribution in [3.8, 4) is 0 Å². The first kappa shape index (κ1) is 15.3. The third kappa shape index (κ3) is 4.44. The Morgan fingerprint density at radius 2 is 1.79 bits per heavy atom. The van der Waals surface area contributed by atoms with Crippen LogP contribution in [0.4, 0.5) is 0 Å². The Hall–Kier alpha value is -0.120. The van der Waals surface area contributed by atoms with Gasteiger partial charge in [0.1, 0.15) is 0 Å². The zero-order valence-corrected chi connectivity index (χ0v) is 13.4. The van der Waals surface area contributed by atoms with Gasteiger partial charge in [0.05, 0.1) is 0 Å². The lowest BCUT2D eigenvalue weighted by Gasteiger charge is -2.34. The molecule has 0 aromatic carbocycles. The predicted octanol–water partition coefficient (Wildman–Crippen LogP) is 2.18. The molecule has 0 radical (unpaired) electrons. The van der Waals surface area contributed by atoms with Gasteiger partial charge in [0, 0.05) is 24.7 Å². The summed E-state index contributed by atoms with van der Waals surface area (Å²) in [7, 11) is 4.35. The first-order valence-corrected chi connectivity index (χ1v) is 8.23. The third-order valence-electron chi connectivity index (χ3n) is 5.05. The van der Waals surface area contributed by atoms with Crippen molar-refractivity contribution in [2.75, 3.05) is 33.7 Å². The fourth-order valence-electron chi connectivity index (χ4n) is 4.09. The van der Waals surface area contributed by atoms with E-state index in [2.05, 4.69) is 43.1 Å². The number of hydrogen-bond acceptors (Lipinski definition) is 3. The highest BCUT2D eigenvalue weighted by atomic mass is 15.2. The maximum absolute atomic E-state index is 3.75.